The van der Waals surface area contributed by atoms with Crippen molar-refractivity contribution in [1.29, 1.82) is 0 Å². The third-order valence-electron chi connectivity index (χ3n) is 4.11. The van der Waals surface area contributed by atoms with Gasteiger partial charge in [-0.05, 0) is 35.2 Å². The average Bonchev–Trinajstić information content (AvgIpc) is 2.62. The molecule has 5 nitrogen and oxygen atoms in total. The first-order valence-corrected chi connectivity index (χ1v) is 11.0. The summed E-state index contributed by atoms with van der Waals surface area (Å²) in [5, 5.41) is 0. The highest BCUT2D eigenvalue weighted by Gasteiger charge is 2.40. The minimum Gasteiger partial charge on any atom is -0.464 e. The molecule has 0 N–H and O–H groups in total. The number of alkyl halides is 1. The van der Waals surface area contributed by atoms with Gasteiger partial charge in [-0.25, -0.2) is 9.59 Å². The fraction of sp³-hybridized carbons (Fsp3) is 0.619. The minimum absolute atomic E-state index is 0.184. The van der Waals surface area contributed by atoms with Gasteiger partial charge in [-0.3, -0.25) is 4.90 Å². The van der Waals surface area contributed by atoms with Crippen molar-refractivity contribution in [2.24, 2.45) is 5.41 Å². The van der Waals surface area contributed by atoms with Crippen LogP contribution in [0.5, 0.6) is 0 Å². The summed E-state index contributed by atoms with van der Waals surface area (Å²) in [7, 11) is 0. The molecule has 0 saturated carbocycles. The Bertz CT molecular complexity index is 571. The molecule has 0 unspecified atom stereocenters. The van der Waals surface area contributed by atoms with Crippen LogP contribution in [0.3, 0.4) is 0 Å². The molecule has 0 heterocycles. The molecule has 0 aliphatic rings. The summed E-state index contributed by atoms with van der Waals surface area (Å²) >= 11 is 2.35. The van der Waals surface area contributed by atoms with Gasteiger partial charge >= 0.3 is 12.1 Å². The monoisotopic (exact) mass is 489 g/mol. The second-order valence-corrected chi connectivity index (χ2v) is 8.58. The fourth-order valence-corrected chi connectivity index (χ4v) is 3.39. The first-order valence-electron chi connectivity index (χ1n) is 9.51. The summed E-state index contributed by atoms with van der Waals surface area (Å²) in [6.45, 7) is 8.54. The van der Waals surface area contributed by atoms with E-state index in [1.165, 1.54) is 0 Å². The largest absolute Gasteiger partial charge is 0.464 e. The summed E-state index contributed by atoms with van der Waals surface area (Å²) in [5.41, 5.74) is 0.459. The van der Waals surface area contributed by atoms with Crippen molar-refractivity contribution in [3.05, 3.63) is 35.9 Å². The predicted octanol–water partition coefficient (Wildman–Crippen LogP) is 5.21. The summed E-state index contributed by atoms with van der Waals surface area (Å²) in [6.07, 6.45) is 2.45. The maximum Gasteiger partial charge on any atom is 0.410 e. The zero-order valence-corrected chi connectivity index (χ0v) is 19.0. The smallest absolute Gasteiger partial charge is 0.410 e. The number of hydrogen-bond donors (Lipinski definition) is 0. The fourth-order valence-electron chi connectivity index (χ4n) is 2.85. The normalized spacial score (nSPS) is 12.3. The molecular formula is C21H32INO4. The third-order valence-corrected chi connectivity index (χ3v) is 4.88. The van der Waals surface area contributed by atoms with Gasteiger partial charge < -0.3 is 9.47 Å². The lowest BCUT2D eigenvalue weighted by molar-refractivity contribution is -0.153. The molecule has 0 aliphatic carbocycles. The molecule has 0 saturated heterocycles. The first kappa shape index (κ1) is 23.7. The van der Waals surface area contributed by atoms with E-state index in [-0.39, 0.29) is 19.2 Å². The number of nitrogens with zero attached hydrogens (tertiary/aromatic N) is 1. The molecule has 0 bridgehead atoms. The average molecular weight is 489 g/mol. The molecular weight excluding hydrogens is 457 g/mol. The zero-order chi connectivity index (χ0) is 20.3. The van der Waals surface area contributed by atoms with Gasteiger partial charge in [-0.2, -0.15) is 0 Å². The van der Waals surface area contributed by atoms with Crippen LogP contribution in [0.15, 0.2) is 30.3 Å². The van der Waals surface area contributed by atoms with Crippen LogP contribution >= 0.6 is 22.6 Å². The number of ether oxygens (including phenoxy) is 2. The molecule has 152 valence electrons. The van der Waals surface area contributed by atoms with E-state index in [2.05, 4.69) is 22.6 Å². The second kappa shape index (κ2) is 12.2. The van der Waals surface area contributed by atoms with Gasteiger partial charge in [-0.15, -0.1) is 0 Å². The molecule has 0 aromatic heterocycles. The highest BCUT2D eigenvalue weighted by Crippen LogP contribution is 2.27. The Morgan fingerprint density at radius 1 is 1.07 bits per heavy atom. The third kappa shape index (κ3) is 8.49. The van der Waals surface area contributed by atoms with Crippen molar-refractivity contribution in [3.8, 4) is 0 Å². The number of halogens is 1. The van der Waals surface area contributed by atoms with Gasteiger partial charge in [0.15, 0.2) is 0 Å². The molecule has 1 aromatic rings. The van der Waals surface area contributed by atoms with E-state index in [0.29, 0.717) is 6.54 Å². The second-order valence-electron chi connectivity index (χ2n) is 7.50. The molecule has 0 aliphatic heterocycles. The van der Waals surface area contributed by atoms with Gasteiger partial charge in [0.25, 0.3) is 0 Å². The lowest BCUT2D eigenvalue weighted by atomic mass is 9.85. The molecule has 27 heavy (non-hydrogen) atoms. The lowest BCUT2D eigenvalue weighted by Crippen LogP contribution is -2.53. The van der Waals surface area contributed by atoms with E-state index in [1.807, 2.05) is 51.1 Å². The van der Waals surface area contributed by atoms with Gasteiger partial charge in [-0.1, -0.05) is 80.1 Å². The molecule has 1 atom stereocenters. The number of amides is 1. The van der Waals surface area contributed by atoms with E-state index in [9.17, 15) is 9.59 Å². The van der Waals surface area contributed by atoms with Crippen LogP contribution in [0.25, 0.3) is 0 Å². The number of benzene rings is 1. The molecule has 0 fully saturated rings. The Kier molecular flexibility index (Phi) is 10.7. The van der Waals surface area contributed by atoms with Crippen LogP contribution in [-0.4, -0.2) is 40.6 Å². The summed E-state index contributed by atoms with van der Waals surface area (Å²) < 4.78 is 11.9. The highest BCUT2D eigenvalue weighted by molar-refractivity contribution is 14.1. The molecule has 1 rings (SSSR count). The van der Waals surface area contributed by atoms with E-state index in [1.54, 1.807) is 11.8 Å². The predicted molar refractivity (Wildman–Crippen MR) is 116 cm³/mol. The maximum absolute atomic E-state index is 12.9. The Morgan fingerprint density at radius 2 is 1.74 bits per heavy atom. The Morgan fingerprint density at radius 3 is 2.30 bits per heavy atom. The number of esters is 1. The van der Waals surface area contributed by atoms with Gasteiger partial charge in [0.05, 0.1) is 6.61 Å². The van der Waals surface area contributed by atoms with Crippen molar-refractivity contribution in [1.82, 2.24) is 4.90 Å². The Balaban J connectivity index is 2.93. The van der Waals surface area contributed by atoms with Gasteiger partial charge in [0.1, 0.15) is 12.6 Å². The topological polar surface area (TPSA) is 55.8 Å². The van der Waals surface area contributed by atoms with E-state index < -0.39 is 17.6 Å². The Labute approximate surface area is 176 Å². The number of rotatable bonds is 10. The van der Waals surface area contributed by atoms with Crippen molar-refractivity contribution >= 4 is 34.7 Å². The summed E-state index contributed by atoms with van der Waals surface area (Å²) in [5.74, 6) is -0.379. The zero-order valence-electron chi connectivity index (χ0n) is 16.9. The van der Waals surface area contributed by atoms with Crippen molar-refractivity contribution < 1.29 is 19.1 Å². The van der Waals surface area contributed by atoms with E-state index in [0.717, 1.165) is 29.3 Å². The molecule has 0 radical (unpaired) electrons. The first-order chi connectivity index (χ1) is 12.8. The van der Waals surface area contributed by atoms with Crippen molar-refractivity contribution in [2.45, 2.75) is 59.6 Å². The molecule has 6 heteroatoms. The van der Waals surface area contributed by atoms with Gasteiger partial charge in [0, 0.05) is 6.54 Å². The summed E-state index contributed by atoms with van der Waals surface area (Å²) in [4.78, 5) is 27.0. The van der Waals surface area contributed by atoms with Crippen LogP contribution in [0.1, 0.15) is 52.5 Å². The number of carbonyl (C=O) groups is 2. The van der Waals surface area contributed by atoms with E-state index >= 15 is 0 Å². The van der Waals surface area contributed by atoms with Crippen molar-refractivity contribution in [2.75, 3.05) is 17.6 Å². The minimum atomic E-state index is -0.680. The van der Waals surface area contributed by atoms with E-state index in [4.69, 9.17) is 9.47 Å². The van der Waals surface area contributed by atoms with Crippen LogP contribution in [0.4, 0.5) is 4.79 Å². The quantitative estimate of drug-likeness (QED) is 0.196. The molecule has 1 aromatic carbocycles. The number of hydrogen-bond acceptors (Lipinski definition) is 4. The molecule has 1 amide bonds. The highest BCUT2D eigenvalue weighted by atomic mass is 127. The number of carbonyl (C=O) groups excluding carboxylic acids is 2. The Hall–Kier alpha value is -1.31. The van der Waals surface area contributed by atoms with Crippen molar-refractivity contribution in [3.63, 3.8) is 0 Å². The van der Waals surface area contributed by atoms with Gasteiger partial charge in [0.2, 0.25) is 0 Å². The summed E-state index contributed by atoms with van der Waals surface area (Å²) in [6, 6.07) is 8.86. The molecule has 0 spiro atoms. The van der Waals surface area contributed by atoms with Crippen LogP contribution in [-0.2, 0) is 20.9 Å². The van der Waals surface area contributed by atoms with Crippen LogP contribution < -0.4 is 0 Å². The number of unbranched alkanes of at least 4 members (excludes halogenated alkanes) is 2. The van der Waals surface area contributed by atoms with Crippen LogP contribution in [0, 0.1) is 5.41 Å². The standard InChI is InChI=1S/C21H32INO4/c1-5-26-19(24)18(21(2,3)4)23(15-11-7-10-14-22)20(25)27-16-17-12-8-6-9-13-17/h6,8-9,12-13,18H,5,7,10-11,14-16H2,1-4H3/t18-/m1/s1. The lowest BCUT2D eigenvalue weighted by Gasteiger charge is -2.37. The maximum atomic E-state index is 12.9. The SMILES string of the molecule is CCOC(=O)[C@@H](N(CCCCCI)C(=O)OCc1ccccc1)C(C)(C)C. The van der Waals surface area contributed by atoms with Crippen LogP contribution in [0.2, 0.25) is 0 Å².